The highest BCUT2D eigenvalue weighted by atomic mass is 15.1. The zero-order chi connectivity index (χ0) is 18.5. The van der Waals surface area contributed by atoms with Crippen molar-refractivity contribution in [2.45, 2.75) is 39.0 Å². The third-order valence-corrected chi connectivity index (χ3v) is 3.56. The standard InChI is InChI=1S/C19H30N6/c1-4-6-8-12-23-18-16(14-24-19(21)25-18)10-9-13-22-17(15(3)20)11-7-5-2/h5,7,11,14H,2-4,6,8-10,12-13,20H2,1H3,(H3,21,23,24,25)/b11-7-,22-17?. The number of allylic oxidation sites excluding steroid dienone is 3. The monoisotopic (exact) mass is 342 g/mol. The van der Waals surface area contributed by atoms with Gasteiger partial charge in [0, 0.05) is 30.5 Å². The molecule has 0 bridgehead atoms. The van der Waals surface area contributed by atoms with Gasteiger partial charge in [-0.15, -0.1) is 0 Å². The summed E-state index contributed by atoms with van der Waals surface area (Å²) in [5.41, 5.74) is 13.6. The zero-order valence-corrected chi connectivity index (χ0v) is 15.2. The quantitative estimate of drug-likeness (QED) is 0.307. The third-order valence-electron chi connectivity index (χ3n) is 3.56. The minimum atomic E-state index is 0.288. The predicted molar refractivity (Wildman–Crippen MR) is 108 cm³/mol. The van der Waals surface area contributed by atoms with Gasteiger partial charge >= 0.3 is 0 Å². The molecule has 1 heterocycles. The molecule has 0 aliphatic heterocycles. The Morgan fingerprint density at radius 1 is 1.36 bits per heavy atom. The van der Waals surface area contributed by atoms with E-state index in [0.717, 1.165) is 37.2 Å². The second kappa shape index (κ2) is 11.8. The van der Waals surface area contributed by atoms with Crippen LogP contribution in [0, 0.1) is 0 Å². The maximum Gasteiger partial charge on any atom is 0.221 e. The maximum absolute atomic E-state index is 5.74. The second-order valence-electron chi connectivity index (χ2n) is 5.73. The molecule has 0 atom stereocenters. The van der Waals surface area contributed by atoms with Crippen LogP contribution in [0.1, 0.15) is 38.2 Å². The lowest BCUT2D eigenvalue weighted by molar-refractivity contribution is 0.740. The van der Waals surface area contributed by atoms with E-state index in [1.54, 1.807) is 18.3 Å². The first kappa shape index (κ1) is 20.4. The Morgan fingerprint density at radius 3 is 2.84 bits per heavy atom. The Bertz CT molecular complexity index is 618. The lowest BCUT2D eigenvalue weighted by Crippen LogP contribution is -2.10. The van der Waals surface area contributed by atoms with E-state index in [1.807, 2.05) is 6.08 Å². The highest BCUT2D eigenvalue weighted by molar-refractivity contribution is 6.07. The van der Waals surface area contributed by atoms with E-state index in [4.69, 9.17) is 11.5 Å². The topological polar surface area (TPSA) is 102 Å². The highest BCUT2D eigenvalue weighted by Gasteiger charge is 2.06. The second-order valence-corrected chi connectivity index (χ2v) is 5.73. The molecule has 0 unspecified atom stereocenters. The molecule has 5 N–H and O–H groups in total. The van der Waals surface area contributed by atoms with Crippen LogP contribution in [0.4, 0.5) is 11.8 Å². The molecular formula is C19H30N6. The van der Waals surface area contributed by atoms with Crippen LogP contribution < -0.4 is 16.8 Å². The third kappa shape index (κ3) is 8.15. The van der Waals surface area contributed by atoms with Crippen molar-refractivity contribution in [2.75, 3.05) is 24.1 Å². The van der Waals surface area contributed by atoms with Crippen molar-refractivity contribution in [3.05, 3.63) is 48.8 Å². The lowest BCUT2D eigenvalue weighted by atomic mass is 10.1. The molecule has 0 saturated heterocycles. The van der Waals surface area contributed by atoms with Crippen molar-refractivity contribution >= 4 is 17.5 Å². The Hall–Kier alpha value is -2.63. The van der Waals surface area contributed by atoms with Gasteiger partial charge in [-0.2, -0.15) is 4.98 Å². The van der Waals surface area contributed by atoms with Crippen LogP contribution in [-0.2, 0) is 6.42 Å². The van der Waals surface area contributed by atoms with Crippen LogP contribution in [0.25, 0.3) is 0 Å². The first-order valence-electron chi connectivity index (χ1n) is 8.72. The number of nitrogen functional groups attached to an aromatic ring is 1. The molecule has 0 aliphatic rings. The molecule has 1 aromatic heterocycles. The molecule has 1 rings (SSSR count). The fourth-order valence-electron chi connectivity index (χ4n) is 2.23. The van der Waals surface area contributed by atoms with Crippen molar-refractivity contribution in [3.8, 4) is 0 Å². The number of aliphatic imine (C=N–C) groups is 1. The van der Waals surface area contributed by atoms with Crippen molar-refractivity contribution < 1.29 is 0 Å². The number of aryl methyl sites for hydroxylation is 1. The van der Waals surface area contributed by atoms with Crippen molar-refractivity contribution in [3.63, 3.8) is 0 Å². The number of nitrogens with two attached hydrogens (primary N) is 2. The summed E-state index contributed by atoms with van der Waals surface area (Å²) in [7, 11) is 0. The normalized spacial score (nSPS) is 11.6. The van der Waals surface area contributed by atoms with E-state index >= 15 is 0 Å². The Kier molecular flexibility index (Phi) is 9.67. The van der Waals surface area contributed by atoms with Gasteiger partial charge in [0.05, 0.1) is 5.71 Å². The maximum atomic E-state index is 5.74. The van der Waals surface area contributed by atoms with E-state index in [1.165, 1.54) is 12.8 Å². The predicted octanol–water partition coefficient (Wildman–Crippen LogP) is 3.25. The molecule has 0 aliphatic carbocycles. The van der Waals surface area contributed by atoms with Crippen molar-refractivity contribution in [2.24, 2.45) is 10.7 Å². The molecule has 6 heteroatoms. The number of nitrogens with one attached hydrogen (secondary N) is 1. The Balaban J connectivity index is 2.62. The Morgan fingerprint density at radius 2 is 2.16 bits per heavy atom. The average molecular weight is 342 g/mol. The number of unbranched alkanes of at least 4 members (excludes halogenated alkanes) is 2. The van der Waals surface area contributed by atoms with Gasteiger partial charge in [-0.1, -0.05) is 45.1 Å². The largest absolute Gasteiger partial charge is 0.397 e. The molecular weight excluding hydrogens is 312 g/mol. The fraction of sp³-hybridized carbons (Fsp3) is 0.421. The minimum absolute atomic E-state index is 0.288. The first-order valence-corrected chi connectivity index (χ1v) is 8.72. The molecule has 0 saturated carbocycles. The molecule has 6 nitrogen and oxygen atoms in total. The molecule has 0 aromatic carbocycles. The summed E-state index contributed by atoms with van der Waals surface area (Å²) in [6.07, 6.45) is 12.2. The van der Waals surface area contributed by atoms with Gasteiger partial charge in [0.25, 0.3) is 0 Å². The molecule has 0 fully saturated rings. The number of nitrogens with zero attached hydrogens (tertiary/aromatic N) is 3. The average Bonchev–Trinajstić information content (AvgIpc) is 2.59. The van der Waals surface area contributed by atoms with Gasteiger partial charge < -0.3 is 16.8 Å². The molecule has 136 valence electrons. The number of aromatic nitrogens is 2. The van der Waals surface area contributed by atoms with E-state index in [2.05, 4.69) is 40.4 Å². The highest BCUT2D eigenvalue weighted by Crippen LogP contribution is 2.15. The number of hydrogen-bond donors (Lipinski definition) is 3. The molecule has 25 heavy (non-hydrogen) atoms. The zero-order valence-electron chi connectivity index (χ0n) is 15.2. The minimum Gasteiger partial charge on any atom is -0.397 e. The molecule has 1 aromatic rings. The summed E-state index contributed by atoms with van der Waals surface area (Å²) in [6, 6.07) is 0. The van der Waals surface area contributed by atoms with E-state index in [-0.39, 0.29) is 5.95 Å². The summed E-state index contributed by atoms with van der Waals surface area (Å²) in [4.78, 5) is 12.9. The number of hydrogen-bond acceptors (Lipinski definition) is 6. The van der Waals surface area contributed by atoms with E-state index < -0.39 is 0 Å². The Labute approximate surface area is 150 Å². The molecule has 0 amide bonds. The van der Waals surface area contributed by atoms with Crippen LogP contribution in [0.3, 0.4) is 0 Å². The SMILES string of the molecule is C=C/C=C\C(=NCCCc1cnc(N)nc1NCCCCC)C(=C)N. The van der Waals surface area contributed by atoms with Crippen molar-refractivity contribution in [1.29, 1.82) is 0 Å². The van der Waals surface area contributed by atoms with Crippen molar-refractivity contribution in [1.82, 2.24) is 9.97 Å². The summed E-state index contributed by atoms with van der Waals surface area (Å²) in [5.74, 6) is 1.11. The van der Waals surface area contributed by atoms with Crippen LogP contribution in [-0.4, -0.2) is 28.8 Å². The molecule has 0 spiro atoms. The fourth-order valence-corrected chi connectivity index (χ4v) is 2.23. The summed E-state index contributed by atoms with van der Waals surface area (Å²) < 4.78 is 0. The van der Waals surface area contributed by atoms with Gasteiger partial charge in [-0.3, -0.25) is 4.99 Å². The molecule has 0 radical (unpaired) electrons. The van der Waals surface area contributed by atoms with Crippen LogP contribution in [0.2, 0.25) is 0 Å². The van der Waals surface area contributed by atoms with Gasteiger partial charge in [0.15, 0.2) is 0 Å². The van der Waals surface area contributed by atoms with Gasteiger partial charge in [-0.25, -0.2) is 4.98 Å². The summed E-state index contributed by atoms with van der Waals surface area (Å²) >= 11 is 0. The smallest absolute Gasteiger partial charge is 0.221 e. The first-order chi connectivity index (χ1) is 12.1. The van der Waals surface area contributed by atoms with Crippen LogP contribution >= 0.6 is 0 Å². The summed E-state index contributed by atoms with van der Waals surface area (Å²) in [6.45, 7) is 11.1. The van der Waals surface area contributed by atoms with Gasteiger partial charge in [0.1, 0.15) is 5.82 Å². The number of anilines is 2. The van der Waals surface area contributed by atoms with E-state index in [9.17, 15) is 0 Å². The van der Waals surface area contributed by atoms with Crippen LogP contribution in [0.15, 0.2) is 48.3 Å². The number of rotatable bonds is 12. The van der Waals surface area contributed by atoms with Crippen LogP contribution in [0.5, 0.6) is 0 Å². The van der Waals surface area contributed by atoms with Gasteiger partial charge in [0.2, 0.25) is 5.95 Å². The van der Waals surface area contributed by atoms with Gasteiger partial charge in [-0.05, 0) is 25.3 Å². The summed E-state index contributed by atoms with van der Waals surface area (Å²) in [5, 5.41) is 3.36. The van der Waals surface area contributed by atoms with E-state index in [0.29, 0.717) is 18.0 Å². The lowest BCUT2D eigenvalue weighted by Gasteiger charge is -2.11.